The molecule has 0 radical (unpaired) electrons. The fourth-order valence-corrected chi connectivity index (χ4v) is 1.35. The molecule has 0 aliphatic carbocycles. The van der Waals surface area contributed by atoms with E-state index in [0.29, 0.717) is 12.2 Å². The van der Waals surface area contributed by atoms with E-state index in [2.05, 4.69) is 0 Å². The molecule has 5 heteroatoms. The number of hydrogen-bond acceptors (Lipinski definition) is 4. The highest BCUT2D eigenvalue weighted by Gasteiger charge is 2.07. The number of rotatable bonds is 6. The van der Waals surface area contributed by atoms with E-state index < -0.39 is 4.92 Å². The standard InChI is InChI=1S/C13H15NO4/c1-3-18-9-13(15)7-5-11-8-12(14(16)17)6-4-10(11)2/h4-8H,3,9H2,1-2H3/b7-5+. The maximum atomic E-state index is 11.4. The molecule has 0 atom stereocenters. The number of carbonyl (C=O) groups is 1. The van der Waals surface area contributed by atoms with Gasteiger partial charge in [0.15, 0.2) is 5.78 Å². The van der Waals surface area contributed by atoms with Gasteiger partial charge in [0.05, 0.1) is 4.92 Å². The average Bonchev–Trinajstić information content (AvgIpc) is 2.35. The molecule has 0 spiro atoms. The van der Waals surface area contributed by atoms with Gasteiger partial charge in [-0.3, -0.25) is 14.9 Å². The second-order valence-corrected chi connectivity index (χ2v) is 3.73. The summed E-state index contributed by atoms with van der Waals surface area (Å²) in [6, 6.07) is 4.54. The van der Waals surface area contributed by atoms with Gasteiger partial charge >= 0.3 is 0 Å². The van der Waals surface area contributed by atoms with Gasteiger partial charge in [0.25, 0.3) is 5.69 Å². The first-order valence-electron chi connectivity index (χ1n) is 5.58. The summed E-state index contributed by atoms with van der Waals surface area (Å²) in [5.74, 6) is -0.164. The molecule has 5 nitrogen and oxygen atoms in total. The van der Waals surface area contributed by atoms with Gasteiger partial charge in [-0.05, 0) is 31.1 Å². The summed E-state index contributed by atoms with van der Waals surface area (Å²) in [4.78, 5) is 21.5. The number of hydrogen-bond donors (Lipinski definition) is 0. The molecule has 0 aromatic heterocycles. The summed E-state index contributed by atoms with van der Waals surface area (Å²) in [6.07, 6.45) is 2.95. The Kier molecular flexibility index (Phi) is 5.20. The Bertz CT molecular complexity index is 480. The number of ether oxygens (including phenoxy) is 1. The number of benzene rings is 1. The van der Waals surface area contributed by atoms with Crippen LogP contribution in [0.15, 0.2) is 24.3 Å². The molecule has 0 heterocycles. The number of nitro groups is 1. The van der Waals surface area contributed by atoms with Crippen molar-refractivity contribution in [3.05, 3.63) is 45.5 Å². The van der Waals surface area contributed by atoms with Crippen LogP contribution in [0.25, 0.3) is 6.08 Å². The van der Waals surface area contributed by atoms with Crippen molar-refractivity contribution in [2.24, 2.45) is 0 Å². The molecule has 1 rings (SSSR count). The van der Waals surface area contributed by atoms with Crippen molar-refractivity contribution in [3.63, 3.8) is 0 Å². The first-order chi connectivity index (χ1) is 8.54. The zero-order chi connectivity index (χ0) is 13.5. The van der Waals surface area contributed by atoms with Crippen molar-refractivity contribution < 1.29 is 14.5 Å². The van der Waals surface area contributed by atoms with Crippen LogP contribution >= 0.6 is 0 Å². The van der Waals surface area contributed by atoms with E-state index >= 15 is 0 Å². The smallest absolute Gasteiger partial charge is 0.270 e. The van der Waals surface area contributed by atoms with Crippen molar-refractivity contribution in [2.45, 2.75) is 13.8 Å². The number of nitrogens with zero attached hydrogens (tertiary/aromatic N) is 1. The zero-order valence-electron chi connectivity index (χ0n) is 10.4. The summed E-state index contributed by atoms with van der Waals surface area (Å²) in [6.45, 7) is 4.15. The molecular weight excluding hydrogens is 234 g/mol. The van der Waals surface area contributed by atoms with Gasteiger partial charge in [0, 0.05) is 18.7 Å². The highest BCUT2D eigenvalue weighted by molar-refractivity contribution is 5.94. The minimum atomic E-state index is -0.460. The monoisotopic (exact) mass is 249 g/mol. The van der Waals surface area contributed by atoms with Crippen LogP contribution in [0, 0.1) is 17.0 Å². The predicted octanol–water partition coefficient (Wildman–Crippen LogP) is 2.52. The van der Waals surface area contributed by atoms with Gasteiger partial charge < -0.3 is 4.74 Å². The number of ketones is 1. The normalized spacial score (nSPS) is 10.8. The van der Waals surface area contributed by atoms with Crippen molar-refractivity contribution in [2.75, 3.05) is 13.2 Å². The lowest BCUT2D eigenvalue weighted by molar-refractivity contribution is -0.384. The maximum absolute atomic E-state index is 11.4. The van der Waals surface area contributed by atoms with Gasteiger partial charge in [0.2, 0.25) is 0 Å². The van der Waals surface area contributed by atoms with Crippen LogP contribution in [-0.4, -0.2) is 23.9 Å². The van der Waals surface area contributed by atoms with Crippen LogP contribution in [-0.2, 0) is 9.53 Å². The largest absolute Gasteiger partial charge is 0.374 e. The molecule has 0 aliphatic heterocycles. The molecule has 0 saturated heterocycles. The Morgan fingerprint density at radius 3 is 2.83 bits per heavy atom. The van der Waals surface area contributed by atoms with E-state index in [1.807, 2.05) is 13.8 Å². The van der Waals surface area contributed by atoms with E-state index in [0.717, 1.165) is 5.56 Å². The van der Waals surface area contributed by atoms with Crippen molar-refractivity contribution in [1.82, 2.24) is 0 Å². The van der Waals surface area contributed by atoms with Gasteiger partial charge in [-0.15, -0.1) is 0 Å². The number of nitro benzene ring substituents is 1. The maximum Gasteiger partial charge on any atom is 0.270 e. The van der Waals surface area contributed by atoms with Crippen LogP contribution in [0.2, 0.25) is 0 Å². The highest BCUT2D eigenvalue weighted by atomic mass is 16.6. The second kappa shape index (κ2) is 6.66. The fourth-order valence-electron chi connectivity index (χ4n) is 1.35. The second-order valence-electron chi connectivity index (χ2n) is 3.73. The van der Waals surface area contributed by atoms with Crippen LogP contribution < -0.4 is 0 Å². The first kappa shape index (κ1) is 14.1. The lowest BCUT2D eigenvalue weighted by Gasteiger charge is -2.00. The Labute approximate surface area is 105 Å². The molecule has 0 saturated carbocycles. The Balaban J connectivity index is 2.83. The molecule has 0 unspecified atom stereocenters. The molecule has 18 heavy (non-hydrogen) atoms. The zero-order valence-corrected chi connectivity index (χ0v) is 10.4. The minimum absolute atomic E-state index is 0.0116. The predicted molar refractivity (Wildman–Crippen MR) is 68.4 cm³/mol. The van der Waals surface area contributed by atoms with E-state index in [9.17, 15) is 14.9 Å². The molecule has 1 aromatic rings. The SMILES string of the molecule is CCOCC(=O)/C=C/c1cc([N+](=O)[O-])ccc1C. The van der Waals surface area contributed by atoms with Crippen molar-refractivity contribution in [3.8, 4) is 0 Å². The van der Waals surface area contributed by atoms with Crippen molar-refractivity contribution >= 4 is 17.5 Å². The number of carbonyl (C=O) groups excluding carboxylic acids is 1. The summed E-state index contributed by atoms with van der Waals surface area (Å²) in [5, 5.41) is 10.6. The summed E-state index contributed by atoms with van der Waals surface area (Å²) < 4.78 is 4.97. The third-order valence-electron chi connectivity index (χ3n) is 2.37. The topological polar surface area (TPSA) is 69.4 Å². The van der Waals surface area contributed by atoms with Crippen LogP contribution in [0.4, 0.5) is 5.69 Å². The van der Waals surface area contributed by atoms with E-state index in [-0.39, 0.29) is 18.1 Å². The molecule has 0 N–H and O–H groups in total. The molecular formula is C13H15NO4. The van der Waals surface area contributed by atoms with Gasteiger partial charge in [-0.25, -0.2) is 0 Å². The quantitative estimate of drug-likeness (QED) is 0.441. The third kappa shape index (κ3) is 4.10. The van der Waals surface area contributed by atoms with Gasteiger partial charge in [-0.1, -0.05) is 12.1 Å². The molecule has 0 aliphatic rings. The Hall–Kier alpha value is -2.01. The Morgan fingerprint density at radius 2 is 2.22 bits per heavy atom. The van der Waals surface area contributed by atoms with E-state index in [1.54, 1.807) is 12.1 Å². The highest BCUT2D eigenvalue weighted by Crippen LogP contribution is 2.18. The molecule has 0 fully saturated rings. The number of aryl methyl sites for hydroxylation is 1. The van der Waals surface area contributed by atoms with Crippen LogP contribution in [0.3, 0.4) is 0 Å². The third-order valence-corrected chi connectivity index (χ3v) is 2.37. The summed E-state index contributed by atoms with van der Waals surface area (Å²) >= 11 is 0. The lowest BCUT2D eigenvalue weighted by atomic mass is 10.1. The molecule has 1 aromatic carbocycles. The van der Waals surface area contributed by atoms with E-state index in [4.69, 9.17) is 4.74 Å². The fraction of sp³-hybridized carbons (Fsp3) is 0.308. The summed E-state index contributed by atoms with van der Waals surface area (Å²) in [5.41, 5.74) is 1.55. The molecule has 0 bridgehead atoms. The van der Waals surface area contributed by atoms with Crippen LogP contribution in [0.1, 0.15) is 18.1 Å². The molecule has 96 valence electrons. The lowest BCUT2D eigenvalue weighted by Crippen LogP contribution is -2.04. The average molecular weight is 249 g/mol. The minimum Gasteiger partial charge on any atom is -0.374 e. The molecule has 0 amide bonds. The summed E-state index contributed by atoms with van der Waals surface area (Å²) in [7, 11) is 0. The number of non-ortho nitro benzene ring substituents is 1. The van der Waals surface area contributed by atoms with E-state index in [1.165, 1.54) is 18.2 Å². The van der Waals surface area contributed by atoms with Crippen molar-refractivity contribution in [1.29, 1.82) is 0 Å². The Morgan fingerprint density at radius 1 is 1.50 bits per heavy atom. The van der Waals surface area contributed by atoms with Gasteiger partial charge in [-0.2, -0.15) is 0 Å². The first-order valence-corrected chi connectivity index (χ1v) is 5.58. The van der Waals surface area contributed by atoms with Gasteiger partial charge in [0.1, 0.15) is 6.61 Å². The van der Waals surface area contributed by atoms with Crippen LogP contribution in [0.5, 0.6) is 0 Å².